The lowest BCUT2D eigenvalue weighted by molar-refractivity contribution is 0.385. The quantitative estimate of drug-likeness (QED) is 0.668. The molecule has 0 aliphatic rings. The molecule has 3 N–H and O–H groups in total. The summed E-state index contributed by atoms with van der Waals surface area (Å²) in [5.41, 5.74) is 4.98. The number of hydrazine groups is 1. The van der Waals surface area contributed by atoms with Crippen LogP contribution in [0.25, 0.3) is 0 Å². The van der Waals surface area contributed by atoms with Gasteiger partial charge in [0, 0.05) is 0 Å². The first-order chi connectivity index (χ1) is 9.56. The van der Waals surface area contributed by atoms with Crippen molar-refractivity contribution in [3.63, 3.8) is 0 Å². The van der Waals surface area contributed by atoms with Gasteiger partial charge in [-0.05, 0) is 47.9 Å². The van der Waals surface area contributed by atoms with Gasteiger partial charge < -0.3 is 4.74 Å². The van der Waals surface area contributed by atoms with Crippen LogP contribution in [0.2, 0.25) is 0 Å². The fourth-order valence-corrected chi connectivity index (χ4v) is 2.18. The second-order valence-corrected chi connectivity index (χ2v) is 4.49. The SMILES string of the molecule is COc1cc(C(NN)c2ccc(F)cc2C)ccc1F. The van der Waals surface area contributed by atoms with Crippen molar-refractivity contribution in [1.29, 1.82) is 0 Å². The predicted molar refractivity (Wildman–Crippen MR) is 73.3 cm³/mol. The van der Waals surface area contributed by atoms with Crippen LogP contribution >= 0.6 is 0 Å². The lowest BCUT2D eigenvalue weighted by atomic mass is 9.95. The van der Waals surface area contributed by atoms with Crippen molar-refractivity contribution < 1.29 is 13.5 Å². The molecule has 1 atom stereocenters. The van der Waals surface area contributed by atoms with Crippen molar-refractivity contribution in [1.82, 2.24) is 5.43 Å². The summed E-state index contributed by atoms with van der Waals surface area (Å²) in [7, 11) is 1.40. The third-order valence-electron chi connectivity index (χ3n) is 3.22. The van der Waals surface area contributed by atoms with E-state index in [-0.39, 0.29) is 17.6 Å². The van der Waals surface area contributed by atoms with Crippen molar-refractivity contribution in [2.75, 3.05) is 7.11 Å². The highest BCUT2D eigenvalue weighted by atomic mass is 19.1. The lowest BCUT2D eigenvalue weighted by Crippen LogP contribution is -2.29. The summed E-state index contributed by atoms with van der Waals surface area (Å²) in [5, 5.41) is 0. The lowest BCUT2D eigenvalue weighted by Gasteiger charge is -2.20. The molecule has 2 aromatic carbocycles. The van der Waals surface area contributed by atoms with Crippen molar-refractivity contribution in [3.8, 4) is 5.75 Å². The van der Waals surface area contributed by atoms with Crippen LogP contribution in [0.1, 0.15) is 22.7 Å². The highest BCUT2D eigenvalue weighted by Gasteiger charge is 2.17. The average molecular weight is 278 g/mol. The van der Waals surface area contributed by atoms with Crippen molar-refractivity contribution >= 4 is 0 Å². The Morgan fingerprint density at radius 1 is 1.15 bits per heavy atom. The highest BCUT2D eigenvalue weighted by molar-refractivity contribution is 5.40. The fraction of sp³-hybridized carbons (Fsp3) is 0.200. The fourth-order valence-electron chi connectivity index (χ4n) is 2.18. The first-order valence-corrected chi connectivity index (χ1v) is 6.12. The van der Waals surface area contributed by atoms with Crippen LogP contribution in [0, 0.1) is 18.6 Å². The molecule has 0 saturated heterocycles. The van der Waals surface area contributed by atoms with Gasteiger partial charge in [0.2, 0.25) is 0 Å². The third-order valence-corrected chi connectivity index (χ3v) is 3.22. The Morgan fingerprint density at radius 3 is 2.50 bits per heavy atom. The summed E-state index contributed by atoms with van der Waals surface area (Å²) in [6.45, 7) is 1.80. The Labute approximate surface area is 116 Å². The van der Waals surface area contributed by atoms with E-state index in [0.29, 0.717) is 0 Å². The molecule has 5 heteroatoms. The first kappa shape index (κ1) is 14.4. The number of ether oxygens (including phenoxy) is 1. The summed E-state index contributed by atoms with van der Waals surface area (Å²) in [6.07, 6.45) is 0. The maximum absolute atomic E-state index is 13.4. The zero-order valence-corrected chi connectivity index (χ0v) is 11.3. The molecule has 0 spiro atoms. The van der Waals surface area contributed by atoms with Gasteiger partial charge >= 0.3 is 0 Å². The van der Waals surface area contributed by atoms with E-state index < -0.39 is 5.82 Å². The summed E-state index contributed by atoms with van der Waals surface area (Å²) < 4.78 is 31.6. The summed E-state index contributed by atoms with van der Waals surface area (Å²) in [6, 6.07) is 8.59. The van der Waals surface area contributed by atoms with Crippen LogP contribution in [-0.4, -0.2) is 7.11 Å². The average Bonchev–Trinajstić information content (AvgIpc) is 2.43. The molecular weight excluding hydrogens is 262 g/mol. The van der Waals surface area contributed by atoms with Crippen LogP contribution in [0.5, 0.6) is 5.75 Å². The largest absolute Gasteiger partial charge is 0.494 e. The predicted octanol–water partition coefficient (Wildman–Crippen LogP) is 2.83. The Balaban J connectivity index is 2.46. The molecule has 106 valence electrons. The van der Waals surface area contributed by atoms with E-state index in [1.807, 2.05) is 0 Å². The number of hydrogen-bond donors (Lipinski definition) is 2. The Bertz CT molecular complexity index is 617. The molecule has 2 rings (SSSR count). The van der Waals surface area contributed by atoms with Crippen LogP contribution < -0.4 is 16.0 Å². The van der Waals surface area contributed by atoms with Crippen LogP contribution in [0.3, 0.4) is 0 Å². The van der Waals surface area contributed by atoms with E-state index in [1.165, 1.54) is 25.3 Å². The minimum absolute atomic E-state index is 0.141. The van der Waals surface area contributed by atoms with Gasteiger partial charge in [0.15, 0.2) is 11.6 Å². The molecule has 0 radical (unpaired) electrons. The van der Waals surface area contributed by atoms with Gasteiger partial charge in [-0.2, -0.15) is 0 Å². The maximum Gasteiger partial charge on any atom is 0.165 e. The third kappa shape index (κ3) is 2.79. The molecule has 1 unspecified atom stereocenters. The van der Waals surface area contributed by atoms with Gasteiger partial charge in [-0.1, -0.05) is 12.1 Å². The van der Waals surface area contributed by atoms with Crippen molar-refractivity contribution in [3.05, 3.63) is 64.7 Å². The smallest absolute Gasteiger partial charge is 0.165 e. The summed E-state index contributed by atoms with van der Waals surface area (Å²) in [5.74, 6) is 4.99. The molecule has 0 saturated carbocycles. The zero-order chi connectivity index (χ0) is 14.7. The normalized spacial score (nSPS) is 12.2. The first-order valence-electron chi connectivity index (χ1n) is 6.12. The van der Waals surface area contributed by atoms with E-state index in [0.717, 1.165) is 16.7 Å². The molecule has 0 aromatic heterocycles. The van der Waals surface area contributed by atoms with Crippen LogP contribution in [-0.2, 0) is 0 Å². The summed E-state index contributed by atoms with van der Waals surface area (Å²) >= 11 is 0. The number of nitrogens with two attached hydrogens (primary N) is 1. The minimum atomic E-state index is -0.442. The number of benzene rings is 2. The number of methoxy groups -OCH3 is 1. The van der Waals surface area contributed by atoms with Gasteiger partial charge in [-0.25, -0.2) is 14.2 Å². The maximum atomic E-state index is 13.4. The Morgan fingerprint density at radius 2 is 1.90 bits per heavy atom. The van der Waals surface area contributed by atoms with Crippen LogP contribution in [0.4, 0.5) is 8.78 Å². The molecule has 0 fully saturated rings. The molecular formula is C15H16F2N2O. The van der Waals surface area contributed by atoms with Crippen molar-refractivity contribution in [2.24, 2.45) is 5.84 Å². The minimum Gasteiger partial charge on any atom is -0.494 e. The molecule has 20 heavy (non-hydrogen) atoms. The number of halogens is 2. The Kier molecular flexibility index (Phi) is 4.32. The molecule has 3 nitrogen and oxygen atoms in total. The molecule has 0 amide bonds. The van der Waals surface area contributed by atoms with E-state index >= 15 is 0 Å². The number of hydrogen-bond acceptors (Lipinski definition) is 3. The molecule has 0 heterocycles. The molecule has 2 aromatic rings. The van der Waals surface area contributed by atoms with E-state index in [9.17, 15) is 8.78 Å². The van der Waals surface area contributed by atoms with Gasteiger partial charge in [0.05, 0.1) is 13.2 Å². The molecule has 0 aliphatic carbocycles. The van der Waals surface area contributed by atoms with Gasteiger partial charge in [0.25, 0.3) is 0 Å². The number of aryl methyl sites for hydroxylation is 1. The highest BCUT2D eigenvalue weighted by Crippen LogP contribution is 2.28. The van der Waals surface area contributed by atoms with Crippen LogP contribution in [0.15, 0.2) is 36.4 Å². The molecule has 0 aliphatic heterocycles. The van der Waals surface area contributed by atoms with E-state index in [2.05, 4.69) is 5.43 Å². The number of nitrogens with one attached hydrogen (secondary N) is 1. The monoisotopic (exact) mass is 278 g/mol. The number of rotatable bonds is 4. The molecule has 0 bridgehead atoms. The van der Waals surface area contributed by atoms with Gasteiger partial charge in [-0.15, -0.1) is 0 Å². The second-order valence-electron chi connectivity index (χ2n) is 4.49. The van der Waals surface area contributed by atoms with Gasteiger partial charge in [-0.3, -0.25) is 5.84 Å². The summed E-state index contributed by atoms with van der Waals surface area (Å²) in [4.78, 5) is 0. The topological polar surface area (TPSA) is 47.3 Å². The standard InChI is InChI=1S/C15H16F2N2O/c1-9-7-11(16)4-5-12(9)15(19-18)10-3-6-13(17)14(8-10)20-2/h3-8,15,19H,18H2,1-2H3. The van der Waals surface area contributed by atoms with Gasteiger partial charge in [0.1, 0.15) is 5.82 Å². The second kappa shape index (κ2) is 5.98. The van der Waals surface area contributed by atoms with E-state index in [1.54, 1.807) is 25.1 Å². The van der Waals surface area contributed by atoms with E-state index in [4.69, 9.17) is 10.6 Å². The zero-order valence-electron chi connectivity index (χ0n) is 11.3. The Hall–Kier alpha value is -1.98. The van der Waals surface area contributed by atoms with Crippen molar-refractivity contribution in [2.45, 2.75) is 13.0 Å².